The zero-order valence-electron chi connectivity index (χ0n) is 8.63. The van der Waals surface area contributed by atoms with Gasteiger partial charge in [0.05, 0.1) is 6.61 Å². The molecule has 2 N–H and O–H groups in total. The molecule has 15 heavy (non-hydrogen) atoms. The first-order valence-corrected chi connectivity index (χ1v) is 4.95. The van der Waals surface area contributed by atoms with Gasteiger partial charge < -0.3 is 15.2 Å². The van der Waals surface area contributed by atoms with Crippen LogP contribution in [0.2, 0.25) is 0 Å². The number of benzene rings is 1. The molecule has 1 aliphatic rings. The van der Waals surface area contributed by atoms with E-state index in [1.165, 1.54) is 12.1 Å². The van der Waals surface area contributed by atoms with Crippen molar-refractivity contribution in [3.8, 4) is 5.75 Å². The summed E-state index contributed by atoms with van der Waals surface area (Å²) in [4.78, 5) is 0. The highest BCUT2D eigenvalue weighted by atomic mass is 19.1. The lowest BCUT2D eigenvalue weighted by molar-refractivity contribution is -0.0174. The van der Waals surface area contributed by atoms with Gasteiger partial charge in [0.15, 0.2) is 6.79 Å². The highest BCUT2D eigenvalue weighted by Gasteiger charge is 2.19. The minimum Gasteiger partial charge on any atom is -0.467 e. The minimum atomic E-state index is -0.266. The van der Waals surface area contributed by atoms with Gasteiger partial charge >= 0.3 is 0 Å². The average Bonchev–Trinajstić information content (AvgIpc) is 2.26. The molecule has 0 saturated carbocycles. The third-order valence-electron chi connectivity index (χ3n) is 2.59. The summed E-state index contributed by atoms with van der Waals surface area (Å²) in [5.74, 6) is 0.561. The van der Waals surface area contributed by atoms with E-state index in [1.807, 2.05) is 6.92 Å². The van der Waals surface area contributed by atoms with Gasteiger partial charge in [-0.25, -0.2) is 4.39 Å². The van der Waals surface area contributed by atoms with Crippen LogP contribution in [0.3, 0.4) is 0 Å². The molecular formula is C11H14FNO2. The van der Waals surface area contributed by atoms with Crippen LogP contribution in [-0.2, 0) is 11.3 Å². The Morgan fingerprint density at radius 3 is 3.07 bits per heavy atom. The van der Waals surface area contributed by atoms with Crippen molar-refractivity contribution in [3.05, 3.63) is 29.1 Å². The van der Waals surface area contributed by atoms with Gasteiger partial charge in [-0.2, -0.15) is 0 Å². The maximum Gasteiger partial charge on any atom is 0.189 e. The number of nitrogens with two attached hydrogens (primary N) is 1. The molecule has 82 valence electrons. The van der Waals surface area contributed by atoms with Crippen LogP contribution in [0.1, 0.15) is 24.0 Å². The van der Waals surface area contributed by atoms with E-state index in [-0.39, 0.29) is 18.5 Å². The molecule has 0 radical (unpaired) electrons. The molecule has 1 heterocycles. The zero-order chi connectivity index (χ0) is 10.8. The molecule has 0 spiro atoms. The second kappa shape index (κ2) is 4.16. The lowest BCUT2D eigenvalue weighted by Gasteiger charge is -2.23. The fraction of sp³-hybridized carbons (Fsp3) is 0.455. The fourth-order valence-corrected chi connectivity index (χ4v) is 1.70. The average molecular weight is 211 g/mol. The third-order valence-corrected chi connectivity index (χ3v) is 2.59. The van der Waals surface area contributed by atoms with Gasteiger partial charge in [-0.15, -0.1) is 0 Å². The molecule has 0 amide bonds. The number of halogens is 1. The van der Waals surface area contributed by atoms with E-state index in [4.69, 9.17) is 15.2 Å². The van der Waals surface area contributed by atoms with E-state index in [0.717, 1.165) is 16.9 Å². The molecular weight excluding hydrogens is 197 g/mol. The van der Waals surface area contributed by atoms with Crippen molar-refractivity contribution in [3.63, 3.8) is 0 Å². The first-order valence-electron chi connectivity index (χ1n) is 4.95. The number of hydrogen-bond donors (Lipinski definition) is 1. The van der Waals surface area contributed by atoms with E-state index < -0.39 is 0 Å². The molecule has 0 bridgehead atoms. The van der Waals surface area contributed by atoms with Crippen LogP contribution in [0, 0.1) is 5.82 Å². The van der Waals surface area contributed by atoms with Crippen molar-refractivity contribution in [1.82, 2.24) is 0 Å². The van der Waals surface area contributed by atoms with E-state index >= 15 is 0 Å². The van der Waals surface area contributed by atoms with Crippen molar-refractivity contribution in [2.75, 3.05) is 13.3 Å². The molecule has 1 atom stereocenters. The quantitative estimate of drug-likeness (QED) is 0.810. The lowest BCUT2D eigenvalue weighted by atomic mass is 9.97. The summed E-state index contributed by atoms with van der Waals surface area (Å²) in [7, 11) is 0. The highest BCUT2D eigenvalue weighted by molar-refractivity contribution is 5.44. The molecule has 0 unspecified atom stereocenters. The largest absolute Gasteiger partial charge is 0.467 e. The molecule has 1 aliphatic heterocycles. The Hall–Kier alpha value is -1.13. The Morgan fingerprint density at radius 1 is 1.53 bits per heavy atom. The van der Waals surface area contributed by atoms with Gasteiger partial charge in [0.25, 0.3) is 0 Å². The van der Waals surface area contributed by atoms with Crippen molar-refractivity contribution in [2.24, 2.45) is 5.73 Å². The molecule has 1 aromatic carbocycles. The highest BCUT2D eigenvalue weighted by Crippen LogP contribution is 2.33. The Kier molecular flexibility index (Phi) is 2.88. The van der Waals surface area contributed by atoms with Crippen molar-refractivity contribution >= 4 is 0 Å². The minimum absolute atomic E-state index is 0.0903. The number of rotatable bonds is 2. The smallest absolute Gasteiger partial charge is 0.189 e. The van der Waals surface area contributed by atoms with E-state index in [1.54, 1.807) is 0 Å². The Balaban J connectivity index is 2.47. The monoisotopic (exact) mass is 211 g/mol. The fourth-order valence-electron chi connectivity index (χ4n) is 1.70. The number of hydrogen-bond acceptors (Lipinski definition) is 3. The second-order valence-corrected chi connectivity index (χ2v) is 3.73. The normalized spacial score (nSPS) is 16.7. The van der Waals surface area contributed by atoms with Gasteiger partial charge in [0.2, 0.25) is 0 Å². The van der Waals surface area contributed by atoms with Crippen LogP contribution in [0.25, 0.3) is 0 Å². The Bertz CT molecular complexity index is 368. The summed E-state index contributed by atoms with van der Waals surface area (Å²) in [6, 6.07) is 2.93. The summed E-state index contributed by atoms with van der Waals surface area (Å²) in [5.41, 5.74) is 7.17. The zero-order valence-corrected chi connectivity index (χ0v) is 8.63. The first-order chi connectivity index (χ1) is 7.22. The van der Waals surface area contributed by atoms with E-state index in [2.05, 4.69) is 0 Å². The molecule has 2 rings (SSSR count). The SMILES string of the molecule is C[C@@H](CN)c1cc(F)cc2c1OCOC2. The maximum absolute atomic E-state index is 13.3. The molecule has 4 heteroatoms. The van der Waals surface area contributed by atoms with Crippen molar-refractivity contribution in [2.45, 2.75) is 19.4 Å². The maximum atomic E-state index is 13.3. The van der Waals surface area contributed by atoms with E-state index in [9.17, 15) is 4.39 Å². The van der Waals surface area contributed by atoms with Gasteiger partial charge in [-0.1, -0.05) is 6.92 Å². The molecule has 0 aliphatic carbocycles. The van der Waals surface area contributed by atoms with Crippen LogP contribution in [0.5, 0.6) is 5.75 Å². The van der Waals surface area contributed by atoms with Gasteiger partial charge in [-0.05, 0) is 24.6 Å². The third kappa shape index (κ3) is 1.96. The van der Waals surface area contributed by atoms with Crippen LogP contribution in [-0.4, -0.2) is 13.3 Å². The van der Waals surface area contributed by atoms with Gasteiger partial charge in [0, 0.05) is 11.1 Å². The summed E-state index contributed by atoms with van der Waals surface area (Å²) in [6.45, 7) is 3.05. The second-order valence-electron chi connectivity index (χ2n) is 3.73. The molecule has 3 nitrogen and oxygen atoms in total. The van der Waals surface area contributed by atoms with E-state index in [0.29, 0.717) is 13.2 Å². The predicted molar refractivity (Wildman–Crippen MR) is 54.2 cm³/mol. The molecule has 0 fully saturated rings. The number of fused-ring (bicyclic) bond motifs is 1. The molecule has 0 aromatic heterocycles. The van der Waals surface area contributed by atoms with Crippen LogP contribution in [0.4, 0.5) is 4.39 Å². The number of ether oxygens (including phenoxy) is 2. The van der Waals surface area contributed by atoms with Crippen LogP contribution < -0.4 is 10.5 Å². The van der Waals surface area contributed by atoms with Gasteiger partial charge in [-0.3, -0.25) is 0 Å². The van der Waals surface area contributed by atoms with Crippen molar-refractivity contribution in [1.29, 1.82) is 0 Å². The molecule has 1 aromatic rings. The topological polar surface area (TPSA) is 44.5 Å². The summed E-state index contributed by atoms with van der Waals surface area (Å²) in [6.07, 6.45) is 0. The predicted octanol–water partition coefficient (Wildman–Crippen LogP) is 1.75. The Morgan fingerprint density at radius 2 is 2.33 bits per heavy atom. The van der Waals surface area contributed by atoms with Crippen LogP contribution >= 0.6 is 0 Å². The van der Waals surface area contributed by atoms with Gasteiger partial charge in [0.1, 0.15) is 11.6 Å². The summed E-state index contributed by atoms with van der Waals surface area (Å²) >= 11 is 0. The summed E-state index contributed by atoms with van der Waals surface area (Å²) < 4.78 is 23.8. The lowest BCUT2D eigenvalue weighted by Crippen LogP contribution is -2.17. The molecule has 0 saturated heterocycles. The van der Waals surface area contributed by atoms with Crippen LogP contribution in [0.15, 0.2) is 12.1 Å². The Labute approximate surface area is 88.0 Å². The van der Waals surface area contributed by atoms with Crippen molar-refractivity contribution < 1.29 is 13.9 Å². The summed E-state index contributed by atoms with van der Waals surface area (Å²) in [5, 5.41) is 0. The standard InChI is InChI=1S/C11H14FNO2/c1-7(4-13)10-3-9(12)2-8-5-14-6-15-11(8)10/h2-3,7H,4-6,13H2,1H3/t7-/m0/s1. The first kappa shape index (κ1) is 10.4.